The van der Waals surface area contributed by atoms with E-state index in [0.29, 0.717) is 24.5 Å². The molecule has 112 valence electrons. The van der Waals surface area contributed by atoms with E-state index in [0.717, 1.165) is 16.5 Å². The first-order valence-electron chi connectivity index (χ1n) is 6.96. The summed E-state index contributed by atoms with van der Waals surface area (Å²) in [5, 5.41) is 3.76. The molecule has 0 radical (unpaired) electrons. The van der Waals surface area contributed by atoms with Crippen molar-refractivity contribution >= 4 is 16.9 Å². The second-order valence-corrected chi connectivity index (χ2v) is 4.88. The average Bonchev–Trinajstić information content (AvgIpc) is 2.93. The fourth-order valence-corrected chi connectivity index (χ4v) is 2.33. The Labute approximate surface area is 127 Å². The van der Waals surface area contributed by atoms with E-state index in [1.807, 2.05) is 36.4 Å². The lowest BCUT2D eigenvalue weighted by atomic mass is 10.1. The van der Waals surface area contributed by atoms with Gasteiger partial charge < -0.3 is 14.5 Å². The van der Waals surface area contributed by atoms with Crippen LogP contribution in [0.3, 0.4) is 0 Å². The highest BCUT2D eigenvalue weighted by molar-refractivity contribution is 5.99. The molecule has 0 aliphatic heterocycles. The van der Waals surface area contributed by atoms with Crippen LogP contribution in [0.5, 0.6) is 0 Å². The Kier molecular flexibility index (Phi) is 4.16. The number of pyridine rings is 1. The molecule has 1 N–H and O–H groups in total. The van der Waals surface area contributed by atoms with Crippen LogP contribution in [0.1, 0.15) is 21.7 Å². The van der Waals surface area contributed by atoms with E-state index in [1.165, 1.54) is 0 Å². The summed E-state index contributed by atoms with van der Waals surface area (Å²) in [6.45, 7) is 0.750. The minimum absolute atomic E-state index is 0.250. The van der Waals surface area contributed by atoms with Crippen LogP contribution >= 0.6 is 0 Å². The van der Waals surface area contributed by atoms with E-state index in [1.54, 1.807) is 19.5 Å². The molecule has 22 heavy (non-hydrogen) atoms. The molecule has 5 heteroatoms. The van der Waals surface area contributed by atoms with Crippen molar-refractivity contribution in [1.29, 1.82) is 0 Å². The number of hydrogen-bond donors (Lipinski definition) is 1. The summed E-state index contributed by atoms with van der Waals surface area (Å²) in [5.41, 5.74) is 2.43. The molecule has 1 amide bonds. The number of furan rings is 1. The maximum absolute atomic E-state index is 12.4. The van der Waals surface area contributed by atoms with Crippen molar-refractivity contribution in [3.8, 4) is 0 Å². The Hall–Kier alpha value is -2.66. The first kappa shape index (κ1) is 14.3. The van der Waals surface area contributed by atoms with Crippen molar-refractivity contribution in [2.75, 3.05) is 7.11 Å². The fraction of sp³-hybridized carbons (Fsp3) is 0.176. The predicted molar refractivity (Wildman–Crippen MR) is 82.3 cm³/mol. The monoisotopic (exact) mass is 296 g/mol. The summed E-state index contributed by atoms with van der Waals surface area (Å²) in [5.74, 6) is 0.0529. The molecule has 3 rings (SSSR count). The van der Waals surface area contributed by atoms with Gasteiger partial charge in [0, 0.05) is 37.0 Å². The number of hydrogen-bond acceptors (Lipinski definition) is 4. The van der Waals surface area contributed by atoms with E-state index in [9.17, 15) is 4.79 Å². The maximum Gasteiger partial charge on any atom is 0.287 e. The van der Waals surface area contributed by atoms with Gasteiger partial charge in [-0.05, 0) is 23.8 Å². The minimum atomic E-state index is -0.250. The standard InChI is InChI=1S/C17H16N2O3/c1-21-11-14-13-4-2-3-5-15(13)22-16(14)17(20)19-10-12-6-8-18-9-7-12/h2-9H,10-11H2,1H3,(H,19,20). The van der Waals surface area contributed by atoms with Crippen molar-refractivity contribution in [3.05, 3.63) is 65.7 Å². The topological polar surface area (TPSA) is 64.4 Å². The molecule has 0 saturated heterocycles. The van der Waals surface area contributed by atoms with Gasteiger partial charge in [0.05, 0.1) is 6.61 Å². The van der Waals surface area contributed by atoms with E-state index < -0.39 is 0 Å². The van der Waals surface area contributed by atoms with Crippen molar-refractivity contribution in [3.63, 3.8) is 0 Å². The molecule has 5 nitrogen and oxygen atoms in total. The second kappa shape index (κ2) is 6.41. The Bertz CT molecular complexity index is 781. The number of nitrogens with one attached hydrogen (secondary N) is 1. The van der Waals surface area contributed by atoms with Gasteiger partial charge in [-0.25, -0.2) is 0 Å². The summed E-state index contributed by atoms with van der Waals surface area (Å²) in [6, 6.07) is 11.3. The molecule has 0 bridgehead atoms. The molecular weight excluding hydrogens is 280 g/mol. The smallest absolute Gasteiger partial charge is 0.287 e. The molecular formula is C17H16N2O3. The zero-order valence-corrected chi connectivity index (χ0v) is 12.2. The van der Waals surface area contributed by atoms with Gasteiger partial charge in [-0.3, -0.25) is 9.78 Å². The molecule has 0 atom stereocenters. The SMILES string of the molecule is COCc1c(C(=O)NCc2ccncc2)oc2ccccc12. The van der Waals surface area contributed by atoms with Gasteiger partial charge in [-0.2, -0.15) is 0 Å². The molecule has 0 unspecified atom stereocenters. The number of para-hydroxylation sites is 1. The first-order chi connectivity index (χ1) is 10.8. The van der Waals surface area contributed by atoms with Crippen LogP contribution in [0, 0.1) is 0 Å². The van der Waals surface area contributed by atoms with Crippen LogP contribution in [0.2, 0.25) is 0 Å². The highest BCUT2D eigenvalue weighted by Gasteiger charge is 2.19. The highest BCUT2D eigenvalue weighted by atomic mass is 16.5. The number of amides is 1. The number of aromatic nitrogens is 1. The molecule has 0 spiro atoms. The van der Waals surface area contributed by atoms with Gasteiger partial charge in [-0.1, -0.05) is 18.2 Å². The van der Waals surface area contributed by atoms with E-state index >= 15 is 0 Å². The van der Waals surface area contributed by atoms with Crippen LogP contribution in [0.15, 0.2) is 53.2 Å². The van der Waals surface area contributed by atoms with Crippen LogP contribution in [-0.4, -0.2) is 18.0 Å². The Balaban J connectivity index is 1.85. The summed E-state index contributed by atoms with van der Waals surface area (Å²) in [4.78, 5) is 16.4. The number of rotatable bonds is 5. The Morgan fingerprint density at radius 1 is 1.23 bits per heavy atom. The van der Waals surface area contributed by atoms with Crippen molar-refractivity contribution in [2.24, 2.45) is 0 Å². The first-order valence-corrected chi connectivity index (χ1v) is 6.96. The summed E-state index contributed by atoms with van der Waals surface area (Å²) >= 11 is 0. The summed E-state index contributed by atoms with van der Waals surface area (Å²) < 4.78 is 10.9. The lowest BCUT2D eigenvalue weighted by Crippen LogP contribution is -2.23. The number of carbonyl (C=O) groups excluding carboxylic acids is 1. The third-order valence-electron chi connectivity index (χ3n) is 3.40. The van der Waals surface area contributed by atoms with E-state index in [-0.39, 0.29) is 5.91 Å². The summed E-state index contributed by atoms with van der Waals surface area (Å²) in [6.07, 6.45) is 3.39. The number of carbonyl (C=O) groups is 1. The van der Waals surface area contributed by atoms with Crippen LogP contribution < -0.4 is 5.32 Å². The number of fused-ring (bicyclic) bond motifs is 1. The molecule has 0 aliphatic carbocycles. The van der Waals surface area contributed by atoms with Crippen molar-refractivity contribution in [2.45, 2.75) is 13.2 Å². The largest absolute Gasteiger partial charge is 0.451 e. The molecule has 3 aromatic rings. The normalized spacial score (nSPS) is 10.8. The van der Waals surface area contributed by atoms with Gasteiger partial charge in [0.1, 0.15) is 5.58 Å². The number of ether oxygens (including phenoxy) is 1. The van der Waals surface area contributed by atoms with E-state index in [4.69, 9.17) is 9.15 Å². The van der Waals surface area contributed by atoms with Crippen molar-refractivity contribution < 1.29 is 13.9 Å². The zero-order valence-electron chi connectivity index (χ0n) is 12.2. The molecule has 1 aromatic carbocycles. The summed E-state index contributed by atoms with van der Waals surface area (Å²) in [7, 11) is 1.60. The fourth-order valence-electron chi connectivity index (χ4n) is 2.33. The quantitative estimate of drug-likeness (QED) is 0.786. The van der Waals surface area contributed by atoms with Crippen LogP contribution in [-0.2, 0) is 17.9 Å². The second-order valence-electron chi connectivity index (χ2n) is 4.88. The van der Waals surface area contributed by atoms with Crippen molar-refractivity contribution in [1.82, 2.24) is 10.3 Å². The molecule has 0 aliphatic rings. The number of nitrogens with zero attached hydrogens (tertiary/aromatic N) is 1. The van der Waals surface area contributed by atoms with Gasteiger partial charge >= 0.3 is 0 Å². The number of benzene rings is 1. The van der Waals surface area contributed by atoms with Gasteiger partial charge in [0.25, 0.3) is 5.91 Å². The Morgan fingerprint density at radius 2 is 2.00 bits per heavy atom. The zero-order chi connectivity index (χ0) is 15.4. The van der Waals surface area contributed by atoms with Gasteiger partial charge in [0.2, 0.25) is 0 Å². The maximum atomic E-state index is 12.4. The molecule has 0 fully saturated rings. The van der Waals surface area contributed by atoms with E-state index in [2.05, 4.69) is 10.3 Å². The lowest BCUT2D eigenvalue weighted by molar-refractivity contribution is 0.0918. The Morgan fingerprint density at radius 3 is 2.77 bits per heavy atom. The number of methoxy groups -OCH3 is 1. The van der Waals surface area contributed by atoms with Gasteiger partial charge in [-0.15, -0.1) is 0 Å². The van der Waals surface area contributed by atoms with Gasteiger partial charge in [0.15, 0.2) is 5.76 Å². The molecule has 2 aromatic heterocycles. The average molecular weight is 296 g/mol. The molecule has 0 saturated carbocycles. The third kappa shape index (κ3) is 2.84. The lowest BCUT2D eigenvalue weighted by Gasteiger charge is -2.05. The highest BCUT2D eigenvalue weighted by Crippen LogP contribution is 2.26. The predicted octanol–water partition coefficient (Wildman–Crippen LogP) is 2.90. The molecule has 2 heterocycles. The third-order valence-corrected chi connectivity index (χ3v) is 3.40. The van der Waals surface area contributed by atoms with Crippen LogP contribution in [0.4, 0.5) is 0 Å². The minimum Gasteiger partial charge on any atom is -0.451 e. The van der Waals surface area contributed by atoms with Crippen LogP contribution in [0.25, 0.3) is 11.0 Å².